The molecule has 3 rings (SSSR count). The lowest BCUT2D eigenvalue weighted by atomic mass is 9.93. The van der Waals surface area contributed by atoms with E-state index in [-0.39, 0.29) is 23.8 Å². The lowest BCUT2D eigenvalue weighted by Gasteiger charge is -2.40. The number of hydrogen-bond acceptors (Lipinski definition) is 4. The number of piperazine rings is 1. The molecule has 6 nitrogen and oxygen atoms in total. The topological polar surface area (TPSA) is 61.9 Å². The maximum absolute atomic E-state index is 13.1. The normalized spacial score (nSPS) is 21.9. The van der Waals surface area contributed by atoms with Gasteiger partial charge in [-0.2, -0.15) is 0 Å². The lowest BCUT2D eigenvalue weighted by molar-refractivity contribution is -0.142. The molecule has 2 saturated heterocycles. The fourth-order valence-electron chi connectivity index (χ4n) is 3.77. The van der Waals surface area contributed by atoms with Crippen molar-refractivity contribution in [1.29, 1.82) is 0 Å². The number of benzene rings is 1. The third-order valence-electron chi connectivity index (χ3n) is 5.32. The van der Waals surface area contributed by atoms with E-state index in [0.29, 0.717) is 13.1 Å². The van der Waals surface area contributed by atoms with Gasteiger partial charge in [-0.3, -0.25) is 9.59 Å². The fraction of sp³-hybridized carbons (Fsp3) is 0.579. The van der Waals surface area contributed by atoms with Crippen LogP contribution in [0.3, 0.4) is 0 Å². The molecule has 25 heavy (non-hydrogen) atoms. The van der Waals surface area contributed by atoms with E-state index in [1.165, 1.54) is 0 Å². The molecule has 2 aliphatic heterocycles. The molecule has 1 atom stereocenters. The Kier molecular flexibility index (Phi) is 5.58. The zero-order chi connectivity index (χ0) is 17.8. The Morgan fingerprint density at radius 3 is 2.40 bits per heavy atom. The summed E-state index contributed by atoms with van der Waals surface area (Å²) in [6, 6.07) is 8.01. The zero-order valence-corrected chi connectivity index (χ0v) is 15.0. The van der Waals surface area contributed by atoms with Crippen LogP contribution in [0.5, 0.6) is 5.75 Å². The average Bonchev–Trinajstić information content (AvgIpc) is 2.67. The standard InChI is InChI=1S/C19H27N3O3/c1-14(23)21-10-7-16(8-11-21)19(24)22-12-9-20-13-18(22)15-3-5-17(25-2)6-4-15/h3-6,16,18,20H,7-13H2,1-2H3/t18-/m1/s1. The summed E-state index contributed by atoms with van der Waals surface area (Å²) >= 11 is 0. The van der Waals surface area contributed by atoms with Gasteiger partial charge in [-0.25, -0.2) is 0 Å². The van der Waals surface area contributed by atoms with Crippen LogP contribution in [0.25, 0.3) is 0 Å². The van der Waals surface area contributed by atoms with Gasteiger partial charge in [0.2, 0.25) is 11.8 Å². The SMILES string of the molecule is COc1ccc([C@H]2CNCCN2C(=O)C2CCN(C(C)=O)CC2)cc1. The Bertz CT molecular complexity index is 609. The third-order valence-corrected chi connectivity index (χ3v) is 5.32. The van der Waals surface area contributed by atoms with Crippen molar-refractivity contribution in [3.05, 3.63) is 29.8 Å². The maximum atomic E-state index is 13.1. The molecular formula is C19H27N3O3. The molecule has 1 aromatic carbocycles. The molecule has 0 unspecified atom stereocenters. The van der Waals surface area contributed by atoms with Crippen LogP contribution in [0.4, 0.5) is 0 Å². The van der Waals surface area contributed by atoms with Crippen molar-refractivity contribution >= 4 is 11.8 Å². The molecule has 1 aromatic rings. The van der Waals surface area contributed by atoms with Crippen molar-refractivity contribution in [2.45, 2.75) is 25.8 Å². The zero-order valence-electron chi connectivity index (χ0n) is 15.0. The number of methoxy groups -OCH3 is 1. The molecule has 2 aliphatic rings. The average molecular weight is 345 g/mol. The van der Waals surface area contributed by atoms with Crippen LogP contribution in [0, 0.1) is 5.92 Å². The second-order valence-corrected chi connectivity index (χ2v) is 6.81. The Morgan fingerprint density at radius 2 is 1.80 bits per heavy atom. The minimum Gasteiger partial charge on any atom is -0.497 e. The van der Waals surface area contributed by atoms with Crippen molar-refractivity contribution in [2.24, 2.45) is 5.92 Å². The number of rotatable bonds is 3. The summed E-state index contributed by atoms with van der Waals surface area (Å²) in [5, 5.41) is 3.39. The molecule has 0 aromatic heterocycles. The number of nitrogens with zero attached hydrogens (tertiary/aromatic N) is 2. The van der Waals surface area contributed by atoms with Gasteiger partial charge in [0.05, 0.1) is 13.2 Å². The summed E-state index contributed by atoms with van der Waals surface area (Å²) in [6.07, 6.45) is 1.52. The van der Waals surface area contributed by atoms with E-state index in [1.807, 2.05) is 34.1 Å². The van der Waals surface area contributed by atoms with Crippen LogP contribution >= 0.6 is 0 Å². The molecule has 0 aliphatic carbocycles. The van der Waals surface area contributed by atoms with Gasteiger partial charge < -0.3 is 19.9 Å². The molecule has 2 heterocycles. The summed E-state index contributed by atoms with van der Waals surface area (Å²) in [7, 11) is 1.65. The molecule has 2 fully saturated rings. The van der Waals surface area contributed by atoms with E-state index in [9.17, 15) is 9.59 Å². The van der Waals surface area contributed by atoms with Crippen molar-refractivity contribution in [1.82, 2.24) is 15.1 Å². The van der Waals surface area contributed by atoms with Gasteiger partial charge in [-0.15, -0.1) is 0 Å². The first-order valence-electron chi connectivity index (χ1n) is 9.01. The van der Waals surface area contributed by atoms with E-state index in [2.05, 4.69) is 5.32 Å². The Balaban J connectivity index is 1.70. The summed E-state index contributed by atoms with van der Waals surface area (Å²) < 4.78 is 5.23. The summed E-state index contributed by atoms with van der Waals surface area (Å²) in [5.74, 6) is 1.17. The third kappa shape index (κ3) is 3.95. The lowest BCUT2D eigenvalue weighted by Crippen LogP contribution is -2.52. The molecule has 136 valence electrons. The van der Waals surface area contributed by atoms with Crippen molar-refractivity contribution < 1.29 is 14.3 Å². The van der Waals surface area contributed by atoms with Crippen LogP contribution in [0.1, 0.15) is 31.4 Å². The molecule has 2 amide bonds. The number of hydrogen-bond donors (Lipinski definition) is 1. The number of carbonyl (C=O) groups is 2. The molecule has 1 N–H and O–H groups in total. The molecule has 0 bridgehead atoms. The second-order valence-electron chi connectivity index (χ2n) is 6.81. The van der Waals surface area contributed by atoms with Crippen LogP contribution in [-0.4, -0.2) is 61.4 Å². The van der Waals surface area contributed by atoms with Crippen molar-refractivity contribution in [3.8, 4) is 5.75 Å². The number of piperidine rings is 1. The minimum absolute atomic E-state index is 0.0226. The molecular weight excluding hydrogens is 318 g/mol. The first-order valence-corrected chi connectivity index (χ1v) is 9.01. The Labute approximate surface area is 149 Å². The van der Waals surface area contributed by atoms with Crippen molar-refractivity contribution in [3.63, 3.8) is 0 Å². The van der Waals surface area contributed by atoms with Gasteiger partial charge in [0, 0.05) is 45.6 Å². The number of ether oxygens (including phenoxy) is 1. The molecule has 0 saturated carbocycles. The number of likely N-dealkylation sites (tertiary alicyclic amines) is 1. The quantitative estimate of drug-likeness (QED) is 0.900. The highest BCUT2D eigenvalue weighted by Gasteiger charge is 2.34. The summed E-state index contributed by atoms with van der Waals surface area (Å²) in [4.78, 5) is 28.4. The van der Waals surface area contributed by atoms with E-state index in [1.54, 1.807) is 14.0 Å². The fourth-order valence-corrected chi connectivity index (χ4v) is 3.77. The van der Waals surface area contributed by atoms with E-state index >= 15 is 0 Å². The van der Waals surface area contributed by atoms with Crippen LogP contribution < -0.4 is 10.1 Å². The minimum atomic E-state index is 0.0226. The van der Waals surface area contributed by atoms with Crippen LogP contribution in [0.15, 0.2) is 24.3 Å². The highest BCUT2D eigenvalue weighted by molar-refractivity contribution is 5.80. The highest BCUT2D eigenvalue weighted by atomic mass is 16.5. The number of nitrogens with one attached hydrogen (secondary N) is 1. The summed E-state index contributed by atoms with van der Waals surface area (Å²) in [6.45, 7) is 5.28. The largest absolute Gasteiger partial charge is 0.497 e. The predicted octanol–water partition coefficient (Wildman–Crippen LogP) is 1.43. The van der Waals surface area contributed by atoms with Crippen LogP contribution in [0.2, 0.25) is 0 Å². The van der Waals surface area contributed by atoms with Crippen molar-refractivity contribution in [2.75, 3.05) is 39.8 Å². The molecule has 6 heteroatoms. The monoisotopic (exact) mass is 345 g/mol. The van der Waals surface area contributed by atoms with Crippen LogP contribution in [-0.2, 0) is 9.59 Å². The van der Waals surface area contributed by atoms with Gasteiger partial charge in [-0.05, 0) is 30.5 Å². The van der Waals surface area contributed by atoms with E-state index in [0.717, 1.165) is 43.8 Å². The number of carbonyl (C=O) groups excluding carboxylic acids is 2. The Hall–Kier alpha value is -2.08. The van der Waals surface area contributed by atoms with E-state index in [4.69, 9.17) is 4.74 Å². The van der Waals surface area contributed by atoms with Gasteiger partial charge in [0.1, 0.15) is 5.75 Å². The van der Waals surface area contributed by atoms with Gasteiger partial charge in [0.25, 0.3) is 0 Å². The van der Waals surface area contributed by atoms with Gasteiger partial charge >= 0.3 is 0 Å². The predicted molar refractivity (Wildman–Crippen MR) is 95.3 cm³/mol. The smallest absolute Gasteiger partial charge is 0.226 e. The Morgan fingerprint density at radius 1 is 1.12 bits per heavy atom. The van der Waals surface area contributed by atoms with Gasteiger partial charge in [0.15, 0.2) is 0 Å². The second kappa shape index (κ2) is 7.87. The first kappa shape index (κ1) is 17.7. The van der Waals surface area contributed by atoms with E-state index < -0.39 is 0 Å². The highest BCUT2D eigenvalue weighted by Crippen LogP contribution is 2.28. The van der Waals surface area contributed by atoms with Gasteiger partial charge in [-0.1, -0.05) is 12.1 Å². The first-order chi connectivity index (χ1) is 12.1. The maximum Gasteiger partial charge on any atom is 0.226 e. The number of amides is 2. The summed E-state index contributed by atoms with van der Waals surface area (Å²) in [5.41, 5.74) is 1.13. The molecule has 0 spiro atoms. The molecule has 0 radical (unpaired) electrons.